The molecular formula is C16H14ClNO. The normalized spacial score (nSPS) is 11.6. The molecule has 19 heavy (non-hydrogen) atoms. The van der Waals surface area contributed by atoms with Gasteiger partial charge in [-0.05, 0) is 41.8 Å². The molecule has 2 rings (SSSR count). The number of nitriles is 1. The van der Waals surface area contributed by atoms with Crippen molar-refractivity contribution in [1.29, 1.82) is 5.26 Å². The van der Waals surface area contributed by atoms with Crippen LogP contribution in [-0.4, -0.2) is 7.11 Å². The van der Waals surface area contributed by atoms with Crippen LogP contribution in [0.3, 0.4) is 0 Å². The molecule has 0 aromatic heterocycles. The van der Waals surface area contributed by atoms with Crippen molar-refractivity contribution >= 4 is 11.6 Å². The monoisotopic (exact) mass is 271 g/mol. The molecule has 0 spiro atoms. The van der Waals surface area contributed by atoms with Gasteiger partial charge in [-0.2, -0.15) is 5.26 Å². The van der Waals surface area contributed by atoms with E-state index in [1.807, 2.05) is 48.5 Å². The molecule has 0 N–H and O–H groups in total. The summed E-state index contributed by atoms with van der Waals surface area (Å²) < 4.78 is 5.19. The first-order valence-corrected chi connectivity index (χ1v) is 6.38. The zero-order chi connectivity index (χ0) is 13.7. The maximum Gasteiger partial charge on any atom is 0.119 e. The molecule has 0 heterocycles. The van der Waals surface area contributed by atoms with Crippen LogP contribution in [0.2, 0.25) is 5.02 Å². The molecule has 0 aliphatic heterocycles. The second kappa shape index (κ2) is 6.26. The Labute approximate surface area is 118 Å². The fraction of sp³-hybridized carbons (Fsp3) is 0.188. The van der Waals surface area contributed by atoms with Crippen LogP contribution in [0.25, 0.3) is 0 Å². The fourth-order valence-electron chi connectivity index (χ4n) is 1.97. The van der Waals surface area contributed by atoms with Crippen LogP contribution in [0.5, 0.6) is 5.75 Å². The number of rotatable bonds is 4. The molecule has 1 unspecified atom stereocenters. The molecule has 0 saturated heterocycles. The Kier molecular flexibility index (Phi) is 4.43. The van der Waals surface area contributed by atoms with Gasteiger partial charge in [0.1, 0.15) is 5.75 Å². The summed E-state index contributed by atoms with van der Waals surface area (Å²) in [7, 11) is 1.64. The third kappa shape index (κ3) is 3.49. The molecule has 0 aliphatic rings. The van der Waals surface area contributed by atoms with E-state index in [-0.39, 0.29) is 5.92 Å². The van der Waals surface area contributed by atoms with Crippen molar-refractivity contribution in [2.24, 2.45) is 0 Å². The van der Waals surface area contributed by atoms with Crippen LogP contribution in [0.15, 0.2) is 48.5 Å². The van der Waals surface area contributed by atoms with E-state index in [4.69, 9.17) is 16.3 Å². The van der Waals surface area contributed by atoms with Crippen LogP contribution in [0.4, 0.5) is 0 Å². The highest BCUT2D eigenvalue weighted by molar-refractivity contribution is 6.30. The fourth-order valence-corrected chi connectivity index (χ4v) is 2.09. The number of halogens is 1. The summed E-state index contributed by atoms with van der Waals surface area (Å²) in [5, 5.41) is 10.0. The average molecular weight is 272 g/mol. The van der Waals surface area contributed by atoms with Gasteiger partial charge in [0, 0.05) is 5.02 Å². The summed E-state index contributed by atoms with van der Waals surface area (Å²) in [4.78, 5) is 0. The summed E-state index contributed by atoms with van der Waals surface area (Å²) in [5.74, 6) is 0.634. The van der Waals surface area contributed by atoms with Crippen LogP contribution in [0, 0.1) is 11.3 Å². The highest BCUT2D eigenvalue weighted by atomic mass is 35.5. The van der Waals surface area contributed by atoms with E-state index in [0.29, 0.717) is 11.4 Å². The van der Waals surface area contributed by atoms with Gasteiger partial charge in [-0.3, -0.25) is 0 Å². The molecular weight excluding hydrogens is 258 g/mol. The number of nitrogens with zero attached hydrogens (tertiary/aromatic N) is 1. The SMILES string of the molecule is COc1cccc(CC(C#N)c2ccc(Cl)cc2)c1. The first-order valence-electron chi connectivity index (χ1n) is 6.01. The van der Waals surface area contributed by atoms with Crippen molar-refractivity contribution in [3.05, 3.63) is 64.7 Å². The Hall–Kier alpha value is -1.98. The van der Waals surface area contributed by atoms with E-state index >= 15 is 0 Å². The van der Waals surface area contributed by atoms with Crippen LogP contribution < -0.4 is 4.74 Å². The Morgan fingerprint density at radius 3 is 2.58 bits per heavy atom. The lowest BCUT2D eigenvalue weighted by atomic mass is 9.93. The minimum Gasteiger partial charge on any atom is -0.497 e. The minimum absolute atomic E-state index is 0.177. The van der Waals surface area contributed by atoms with Gasteiger partial charge in [0.2, 0.25) is 0 Å². The Bertz CT molecular complexity index is 586. The number of ether oxygens (including phenoxy) is 1. The molecule has 0 radical (unpaired) electrons. The van der Waals surface area contributed by atoms with E-state index in [1.54, 1.807) is 7.11 Å². The van der Waals surface area contributed by atoms with Crippen LogP contribution in [-0.2, 0) is 6.42 Å². The van der Waals surface area contributed by atoms with Crippen molar-refractivity contribution in [3.8, 4) is 11.8 Å². The van der Waals surface area contributed by atoms with Crippen molar-refractivity contribution in [1.82, 2.24) is 0 Å². The summed E-state index contributed by atoms with van der Waals surface area (Å²) in [6, 6.07) is 17.6. The molecule has 3 heteroatoms. The second-order valence-electron chi connectivity index (χ2n) is 4.29. The zero-order valence-electron chi connectivity index (χ0n) is 10.6. The van der Waals surface area contributed by atoms with Gasteiger partial charge in [0.25, 0.3) is 0 Å². The second-order valence-corrected chi connectivity index (χ2v) is 4.73. The number of benzene rings is 2. The van der Waals surface area contributed by atoms with Crippen molar-refractivity contribution in [2.75, 3.05) is 7.11 Å². The topological polar surface area (TPSA) is 33.0 Å². The van der Waals surface area contributed by atoms with E-state index in [9.17, 15) is 5.26 Å². The van der Waals surface area contributed by atoms with E-state index in [0.717, 1.165) is 16.9 Å². The molecule has 0 amide bonds. The number of methoxy groups -OCH3 is 1. The lowest BCUT2D eigenvalue weighted by Gasteiger charge is -2.10. The Balaban J connectivity index is 2.19. The molecule has 2 nitrogen and oxygen atoms in total. The highest BCUT2D eigenvalue weighted by Crippen LogP contribution is 2.23. The molecule has 2 aromatic carbocycles. The quantitative estimate of drug-likeness (QED) is 0.835. The maximum absolute atomic E-state index is 9.32. The van der Waals surface area contributed by atoms with E-state index in [1.165, 1.54) is 0 Å². The van der Waals surface area contributed by atoms with Crippen LogP contribution in [0.1, 0.15) is 17.0 Å². The van der Waals surface area contributed by atoms with E-state index < -0.39 is 0 Å². The molecule has 2 aromatic rings. The summed E-state index contributed by atoms with van der Waals surface area (Å²) in [6.45, 7) is 0. The molecule has 0 aliphatic carbocycles. The lowest BCUT2D eigenvalue weighted by Crippen LogP contribution is -2.00. The van der Waals surface area contributed by atoms with E-state index in [2.05, 4.69) is 6.07 Å². The first kappa shape index (κ1) is 13.5. The van der Waals surface area contributed by atoms with Crippen molar-refractivity contribution in [2.45, 2.75) is 12.3 Å². The first-order chi connectivity index (χ1) is 9.22. The molecule has 96 valence electrons. The van der Waals surface area contributed by atoms with Gasteiger partial charge in [0.05, 0.1) is 19.1 Å². The zero-order valence-corrected chi connectivity index (χ0v) is 11.4. The third-order valence-electron chi connectivity index (χ3n) is 3.00. The van der Waals surface area contributed by atoms with Crippen molar-refractivity contribution < 1.29 is 4.74 Å². The standard InChI is InChI=1S/C16H14ClNO/c1-19-16-4-2-3-12(10-16)9-14(11-18)13-5-7-15(17)8-6-13/h2-8,10,14H,9H2,1H3. The van der Waals surface area contributed by atoms with Crippen LogP contribution >= 0.6 is 11.6 Å². The Morgan fingerprint density at radius 1 is 1.21 bits per heavy atom. The molecule has 0 fully saturated rings. The summed E-state index contributed by atoms with van der Waals surface area (Å²) in [6.07, 6.45) is 0.662. The van der Waals surface area contributed by atoms with Gasteiger partial charge in [-0.15, -0.1) is 0 Å². The van der Waals surface area contributed by atoms with Gasteiger partial charge in [0.15, 0.2) is 0 Å². The van der Waals surface area contributed by atoms with Crippen molar-refractivity contribution in [3.63, 3.8) is 0 Å². The summed E-state index contributed by atoms with van der Waals surface area (Å²) >= 11 is 5.86. The van der Waals surface area contributed by atoms with Gasteiger partial charge in [-0.25, -0.2) is 0 Å². The molecule has 0 saturated carbocycles. The smallest absolute Gasteiger partial charge is 0.119 e. The Morgan fingerprint density at radius 2 is 1.95 bits per heavy atom. The predicted octanol–water partition coefficient (Wildman–Crippen LogP) is 4.20. The predicted molar refractivity (Wildman–Crippen MR) is 76.5 cm³/mol. The highest BCUT2D eigenvalue weighted by Gasteiger charge is 2.11. The largest absolute Gasteiger partial charge is 0.497 e. The molecule has 0 bridgehead atoms. The van der Waals surface area contributed by atoms with Gasteiger partial charge < -0.3 is 4.74 Å². The summed E-state index contributed by atoms with van der Waals surface area (Å²) in [5.41, 5.74) is 2.07. The third-order valence-corrected chi connectivity index (χ3v) is 3.25. The number of hydrogen-bond acceptors (Lipinski definition) is 2. The average Bonchev–Trinajstić information content (AvgIpc) is 2.46. The van der Waals surface area contributed by atoms with Gasteiger partial charge >= 0.3 is 0 Å². The number of hydrogen-bond donors (Lipinski definition) is 0. The lowest BCUT2D eigenvalue weighted by molar-refractivity contribution is 0.414. The minimum atomic E-state index is -0.177. The molecule has 1 atom stereocenters. The maximum atomic E-state index is 9.32. The van der Waals surface area contributed by atoms with Gasteiger partial charge in [-0.1, -0.05) is 35.9 Å².